The summed E-state index contributed by atoms with van der Waals surface area (Å²) in [4.78, 5) is 83.5. The van der Waals surface area contributed by atoms with E-state index < -0.39 is 113 Å². The van der Waals surface area contributed by atoms with Gasteiger partial charge in [0.05, 0.1) is 35.6 Å². The molecule has 1 amide bonds. The summed E-state index contributed by atoms with van der Waals surface area (Å²) in [5.41, 5.74) is -7.02. The molecule has 3 fully saturated rings. The summed E-state index contributed by atoms with van der Waals surface area (Å²) in [6.45, 7) is 7.97. The number of carbonyl (C=O) groups is 6. The van der Waals surface area contributed by atoms with Crippen molar-refractivity contribution in [1.29, 1.82) is 0 Å². The summed E-state index contributed by atoms with van der Waals surface area (Å²) in [5, 5.41) is 40.2. The van der Waals surface area contributed by atoms with E-state index >= 15 is 4.79 Å². The van der Waals surface area contributed by atoms with Crippen LogP contribution in [0.25, 0.3) is 0 Å². The first-order chi connectivity index (χ1) is 29.3. The maximum Gasteiger partial charge on any atom is 0.338 e. The van der Waals surface area contributed by atoms with Gasteiger partial charge in [0.15, 0.2) is 23.6 Å². The zero-order chi connectivity index (χ0) is 44.9. The van der Waals surface area contributed by atoms with E-state index in [0.29, 0.717) is 5.56 Å². The van der Waals surface area contributed by atoms with E-state index in [1.807, 2.05) is 0 Å². The molecule has 3 aromatic rings. The van der Waals surface area contributed by atoms with Crippen molar-refractivity contribution in [2.75, 3.05) is 6.61 Å². The first kappa shape index (κ1) is 44.3. The minimum Gasteiger partial charge on any atom is -0.456 e. The summed E-state index contributed by atoms with van der Waals surface area (Å²) < 4.78 is 30.3. The topological polar surface area (TPSA) is 221 Å². The maximum absolute atomic E-state index is 15.5. The number of aliphatic hydroxyl groups is 3. The Balaban J connectivity index is 1.39. The molecule has 3 aromatic carbocycles. The second-order valence-corrected chi connectivity index (χ2v) is 17.4. The van der Waals surface area contributed by atoms with E-state index in [9.17, 15) is 39.3 Å². The van der Waals surface area contributed by atoms with Crippen molar-refractivity contribution in [3.05, 3.63) is 119 Å². The van der Waals surface area contributed by atoms with Gasteiger partial charge in [-0.1, -0.05) is 80.6 Å². The van der Waals surface area contributed by atoms with Crippen LogP contribution in [0.4, 0.5) is 0 Å². The molecule has 11 atom stereocenters. The van der Waals surface area contributed by atoms with Gasteiger partial charge in [0.2, 0.25) is 0 Å². The van der Waals surface area contributed by atoms with Gasteiger partial charge >= 0.3 is 23.9 Å². The Hall–Kier alpha value is -5.74. The number of aliphatic hydroxyl groups excluding tert-OH is 2. The number of rotatable bonds is 10. The van der Waals surface area contributed by atoms with Crippen LogP contribution in [0.3, 0.4) is 0 Å². The van der Waals surface area contributed by atoms with Crippen LogP contribution in [0, 0.1) is 16.7 Å². The third-order valence-corrected chi connectivity index (χ3v) is 13.5. The molecule has 1 aliphatic heterocycles. The van der Waals surface area contributed by atoms with Crippen LogP contribution in [0.5, 0.6) is 0 Å². The maximum atomic E-state index is 15.5. The Labute approximate surface area is 358 Å². The molecule has 4 N–H and O–H groups in total. The number of Topliss-reactive ketones (excluding diaryl/α,β-unsaturated/α-hetero) is 1. The van der Waals surface area contributed by atoms with Gasteiger partial charge in [0.25, 0.3) is 5.91 Å². The number of fused-ring (bicyclic) bond motifs is 5. The van der Waals surface area contributed by atoms with E-state index in [1.165, 1.54) is 26.0 Å². The van der Waals surface area contributed by atoms with E-state index in [-0.39, 0.29) is 35.3 Å². The second-order valence-electron chi connectivity index (χ2n) is 17.4. The SMILES string of the molecule is CC(=O)O[C@H]1C(=O)[C@]2(C)[C@@H](O)CC3OC[C@@]3(OC(C)=O)[C@H]2[C@H](OC(=O)c2ccccc2)[C@]2(O)C[C@H](OC(=O)[C@H](O)[C@@H](NC(=O)[13c]3[13cH][13cH][13cH][13cH][13cH]3)c3ccccc3)C(C)=C1C2(C)C. The second kappa shape index (κ2) is 16.5. The highest BCUT2D eigenvalue weighted by Gasteiger charge is 2.78. The number of ketones is 1. The lowest BCUT2D eigenvalue weighted by molar-refractivity contribution is -0.346. The van der Waals surface area contributed by atoms with E-state index in [1.54, 1.807) is 92.7 Å². The van der Waals surface area contributed by atoms with Crippen LogP contribution in [0.2, 0.25) is 0 Å². The Morgan fingerprint density at radius 2 is 1.40 bits per heavy atom. The van der Waals surface area contributed by atoms with Crippen LogP contribution in [-0.2, 0) is 42.9 Å². The molecule has 328 valence electrons. The highest BCUT2D eigenvalue weighted by atomic mass is 16.6. The molecule has 2 bridgehead atoms. The predicted octanol–water partition coefficient (Wildman–Crippen LogP) is 3.74. The summed E-state index contributed by atoms with van der Waals surface area (Å²) in [7, 11) is 0. The Morgan fingerprint density at radius 3 is 1.95 bits per heavy atom. The number of esters is 4. The summed E-state index contributed by atoms with van der Waals surface area (Å²) >= 11 is 0. The monoisotopic (exact) mass is 859 g/mol. The lowest BCUT2D eigenvalue weighted by Gasteiger charge is -2.67. The van der Waals surface area contributed by atoms with Crippen molar-refractivity contribution >= 4 is 35.6 Å². The van der Waals surface area contributed by atoms with Gasteiger partial charge in [-0.25, -0.2) is 9.59 Å². The van der Waals surface area contributed by atoms with Crippen LogP contribution in [0.15, 0.2) is 102 Å². The van der Waals surface area contributed by atoms with Crippen molar-refractivity contribution in [3.8, 4) is 0 Å². The fourth-order valence-electron chi connectivity index (χ4n) is 10.2. The number of amides is 1. The smallest absolute Gasteiger partial charge is 0.338 e. The summed E-state index contributed by atoms with van der Waals surface area (Å²) in [6.07, 6.45) is -10.5. The van der Waals surface area contributed by atoms with Gasteiger partial charge in [0.1, 0.15) is 23.9 Å². The Bertz CT molecular complexity index is 2280. The fraction of sp³-hybridized carbons (Fsp3) is 0.447. The highest BCUT2D eigenvalue weighted by molar-refractivity contribution is 5.96. The van der Waals surface area contributed by atoms with Crippen molar-refractivity contribution in [1.82, 2.24) is 5.32 Å². The molecule has 15 nitrogen and oxygen atoms in total. The minimum atomic E-state index is -2.39. The first-order valence-electron chi connectivity index (χ1n) is 20.5. The van der Waals surface area contributed by atoms with E-state index in [4.69, 9.17) is 23.7 Å². The van der Waals surface area contributed by atoms with Gasteiger partial charge in [-0.05, 0) is 54.8 Å². The molecule has 62 heavy (non-hydrogen) atoms. The highest BCUT2D eigenvalue weighted by Crippen LogP contribution is 2.64. The molecule has 0 spiro atoms. The van der Waals surface area contributed by atoms with Crippen LogP contribution >= 0.6 is 0 Å². The molecule has 0 aromatic heterocycles. The first-order valence-corrected chi connectivity index (χ1v) is 20.5. The molecule has 2 saturated carbocycles. The van der Waals surface area contributed by atoms with Crippen LogP contribution < -0.4 is 5.32 Å². The quantitative estimate of drug-likeness (QED) is 0.130. The molecule has 1 saturated heterocycles. The van der Waals surface area contributed by atoms with Gasteiger partial charge < -0.3 is 44.3 Å². The van der Waals surface area contributed by atoms with Crippen molar-refractivity contribution < 1.29 is 67.8 Å². The molecule has 7 rings (SSSR count). The van der Waals surface area contributed by atoms with E-state index in [2.05, 4.69) is 5.32 Å². The molecule has 1 heterocycles. The number of ether oxygens (including phenoxy) is 5. The van der Waals surface area contributed by atoms with Gasteiger partial charge in [-0.3, -0.25) is 19.2 Å². The summed E-state index contributed by atoms with van der Waals surface area (Å²) in [6, 6.07) is 22.9. The largest absolute Gasteiger partial charge is 0.456 e. The molecule has 0 radical (unpaired) electrons. The van der Waals surface area contributed by atoms with Gasteiger partial charge in [0, 0.05) is 37.7 Å². The average molecular weight is 860 g/mol. The zero-order valence-electron chi connectivity index (χ0n) is 35.2. The molecule has 4 aliphatic rings. The number of hydrogen-bond donors (Lipinski definition) is 4. The minimum absolute atomic E-state index is 0.00289. The van der Waals surface area contributed by atoms with Crippen molar-refractivity contribution in [2.45, 2.75) is 108 Å². The standard InChI is InChI=1S/C47H51NO14/c1-25-31(60-43(56)36(52)35(28-16-10-7-11-17-28)48-41(54)29-18-12-8-13-19-29)23-47(57)40(61-42(55)30-20-14-9-15-21-30)38-45(6,32(51)22-33-46(38,24-58-33)62-27(3)50)39(53)37(59-26(2)49)34(25)44(47,4)5/h7-21,31-33,35-38,40,51-52,57H,22-24H2,1-6H3,(H,48,54)/t31-,32-,33?,35-,36+,37+,38-,40-,45+,46-,47+/m0/s1/i8+1,12+1,13+1,18+1,19+1,29+1. The number of carbonyl (C=O) groups excluding carboxylic acids is 6. The van der Waals surface area contributed by atoms with Crippen molar-refractivity contribution in [2.24, 2.45) is 16.7 Å². The molecular weight excluding hydrogens is 808 g/mol. The molecular formula is C47H51NO14. The van der Waals surface area contributed by atoms with Crippen LogP contribution in [0.1, 0.15) is 86.7 Å². The molecule has 1 unspecified atom stereocenters. The number of benzene rings is 3. The predicted molar refractivity (Wildman–Crippen MR) is 218 cm³/mol. The normalized spacial score (nSPS) is 31.9. The Kier molecular flexibility index (Phi) is 11.8. The number of nitrogens with one attached hydrogen (secondary N) is 1. The molecule has 3 aliphatic carbocycles. The van der Waals surface area contributed by atoms with E-state index in [0.717, 1.165) is 13.8 Å². The third-order valence-electron chi connectivity index (χ3n) is 13.5. The summed E-state index contributed by atoms with van der Waals surface area (Å²) in [5.74, 6) is -6.84. The lowest BCUT2D eigenvalue weighted by Crippen LogP contribution is -2.82. The number of hydrogen-bond acceptors (Lipinski definition) is 14. The average Bonchev–Trinajstić information content (AvgIpc) is 3.24. The third kappa shape index (κ3) is 7.29. The zero-order valence-corrected chi connectivity index (χ0v) is 35.2. The van der Waals surface area contributed by atoms with Gasteiger partial charge in [-0.2, -0.15) is 0 Å². The van der Waals surface area contributed by atoms with Crippen molar-refractivity contribution in [3.63, 3.8) is 0 Å². The molecule has 15 heteroatoms. The van der Waals surface area contributed by atoms with Crippen LogP contribution in [-0.4, -0.2) is 105 Å². The lowest BCUT2D eigenvalue weighted by atomic mass is 9.44. The fourth-order valence-corrected chi connectivity index (χ4v) is 10.2. The Morgan fingerprint density at radius 1 is 0.823 bits per heavy atom. The van der Waals surface area contributed by atoms with Gasteiger partial charge in [-0.15, -0.1) is 0 Å².